The van der Waals surface area contributed by atoms with Gasteiger partial charge in [-0.05, 0) is 26.2 Å². The molecule has 1 aliphatic carbocycles. The SMILES string of the molecule is CCCn1c(N)c(NC2CC(OCC)C2)c(=O)[nH]c1=O. The van der Waals surface area contributed by atoms with E-state index in [-0.39, 0.29) is 23.7 Å². The zero-order chi connectivity index (χ0) is 14.7. The van der Waals surface area contributed by atoms with Crippen molar-refractivity contribution in [1.29, 1.82) is 0 Å². The molecule has 112 valence electrons. The molecule has 0 atom stereocenters. The van der Waals surface area contributed by atoms with Gasteiger partial charge in [-0.25, -0.2) is 4.79 Å². The number of rotatable bonds is 6. The second kappa shape index (κ2) is 6.13. The Hall–Kier alpha value is -1.76. The third-order valence-corrected chi connectivity index (χ3v) is 3.53. The Labute approximate surface area is 117 Å². The molecule has 1 aliphatic rings. The van der Waals surface area contributed by atoms with Gasteiger partial charge in [0.15, 0.2) is 0 Å². The summed E-state index contributed by atoms with van der Waals surface area (Å²) in [5.74, 6) is 0.209. The Morgan fingerprint density at radius 2 is 2.10 bits per heavy atom. The van der Waals surface area contributed by atoms with Crippen LogP contribution in [-0.4, -0.2) is 28.3 Å². The van der Waals surface area contributed by atoms with E-state index in [0.29, 0.717) is 13.2 Å². The molecule has 0 saturated heterocycles. The summed E-state index contributed by atoms with van der Waals surface area (Å²) in [6.45, 7) is 5.09. The van der Waals surface area contributed by atoms with Gasteiger partial charge in [-0.1, -0.05) is 6.92 Å². The Morgan fingerprint density at radius 3 is 2.70 bits per heavy atom. The molecule has 20 heavy (non-hydrogen) atoms. The summed E-state index contributed by atoms with van der Waals surface area (Å²) in [6, 6.07) is 0.169. The van der Waals surface area contributed by atoms with Crippen molar-refractivity contribution in [2.24, 2.45) is 0 Å². The van der Waals surface area contributed by atoms with Crippen LogP contribution in [0.3, 0.4) is 0 Å². The van der Waals surface area contributed by atoms with Crippen LogP contribution in [-0.2, 0) is 11.3 Å². The number of hydrogen-bond acceptors (Lipinski definition) is 5. The van der Waals surface area contributed by atoms with Crippen molar-refractivity contribution < 1.29 is 4.74 Å². The molecule has 0 aromatic carbocycles. The van der Waals surface area contributed by atoms with Gasteiger partial charge in [0.2, 0.25) is 0 Å². The molecule has 1 heterocycles. The maximum atomic E-state index is 11.9. The first-order valence-corrected chi connectivity index (χ1v) is 7.07. The number of ether oxygens (including phenoxy) is 1. The van der Waals surface area contributed by atoms with E-state index in [0.717, 1.165) is 19.3 Å². The normalized spacial score (nSPS) is 21.5. The van der Waals surface area contributed by atoms with Gasteiger partial charge in [0.1, 0.15) is 11.5 Å². The number of aromatic amines is 1. The Kier molecular flexibility index (Phi) is 4.49. The minimum Gasteiger partial charge on any atom is -0.383 e. The number of nitrogens with one attached hydrogen (secondary N) is 2. The fraction of sp³-hybridized carbons (Fsp3) is 0.692. The van der Waals surface area contributed by atoms with Crippen molar-refractivity contribution in [2.75, 3.05) is 17.7 Å². The van der Waals surface area contributed by atoms with Crippen LogP contribution in [0.2, 0.25) is 0 Å². The van der Waals surface area contributed by atoms with E-state index in [1.807, 2.05) is 13.8 Å². The van der Waals surface area contributed by atoms with E-state index in [4.69, 9.17) is 10.5 Å². The molecule has 0 aliphatic heterocycles. The zero-order valence-electron chi connectivity index (χ0n) is 11.9. The van der Waals surface area contributed by atoms with Gasteiger partial charge in [0.25, 0.3) is 5.56 Å². The third-order valence-electron chi connectivity index (χ3n) is 3.53. The summed E-state index contributed by atoms with van der Waals surface area (Å²) in [4.78, 5) is 25.8. The summed E-state index contributed by atoms with van der Waals surface area (Å²) >= 11 is 0. The molecule has 1 fully saturated rings. The predicted octanol–water partition coefficient (Wildman–Crippen LogP) is 0.508. The largest absolute Gasteiger partial charge is 0.383 e. The smallest absolute Gasteiger partial charge is 0.330 e. The number of nitrogen functional groups attached to an aromatic ring is 1. The van der Waals surface area contributed by atoms with Gasteiger partial charge in [-0.3, -0.25) is 14.3 Å². The molecule has 4 N–H and O–H groups in total. The highest BCUT2D eigenvalue weighted by Crippen LogP contribution is 2.27. The van der Waals surface area contributed by atoms with E-state index in [9.17, 15) is 9.59 Å². The van der Waals surface area contributed by atoms with E-state index < -0.39 is 11.2 Å². The number of nitrogens with zero attached hydrogens (tertiary/aromatic N) is 1. The second-order valence-corrected chi connectivity index (χ2v) is 5.06. The second-order valence-electron chi connectivity index (χ2n) is 5.06. The van der Waals surface area contributed by atoms with Crippen LogP contribution in [0.1, 0.15) is 33.1 Å². The molecule has 0 radical (unpaired) electrons. The number of aromatic nitrogens is 2. The van der Waals surface area contributed by atoms with E-state index in [2.05, 4.69) is 10.3 Å². The van der Waals surface area contributed by atoms with Gasteiger partial charge in [-0.15, -0.1) is 0 Å². The topological polar surface area (TPSA) is 102 Å². The van der Waals surface area contributed by atoms with Crippen molar-refractivity contribution in [3.05, 3.63) is 20.8 Å². The number of H-pyrrole nitrogens is 1. The van der Waals surface area contributed by atoms with Crippen molar-refractivity contribution >= 4 is 11.5 Å². The lowest BCUT2D eigenvalue weighted by molar-refractivity contribution is 0.00297. The fourth-order valence-corrected chi connectivity index (χ4v) is 2.43. The third kappa shape index (κ3) is 2.87. The van der Waals surface area contributed by atoms with Gasteiger partial charge >= 0.3 is 5.69 Å². The molecule has 0 unspecified atom stereocenters. The van der Waals surface area contributed by atoms with E-state index >= 15 is 0 Å². The number of anilines is 2. The first kappa shape index (κ1) is 14.6. The van der Waals surface area contributed by atoms with E-state index in [1.165, 1.54) is 4.57 Å². The molecule has 1 aromatic rings. The van der Waals surface area contributed by atoms with Crippen LogP contribution in [0.25, 0.3) is 0 Å². The number of nitrogens with two attached hydrogens (primary N) is 1. The highest BCUT2D eigenvalue weighted by atomic mass is 16.5. The van der Waals surface area contributed by atoms with Gasteiger partial charge in [0, 0.05) is 19.2 Å². The standard InChI is InChI=1S/C13H22N4O3/c1-3-5-17-11(14)10(12(18)16-13(17)19)15-8-6-9(7-8)20-4-2/h8-9,15H,3-7,14H2,1-2H3,(H,16,18,19). The van der Waals surface area contributed by atoms with Gasteiger partial charge in [-0.2, -0.15) is 0 Å². The molecule has 0 bridgehead atoms. The fourth-order valence-electron chi connectivity index (χ4n) is 2.43. The molecule has 1 aromatic heterocycles. The summed E-state index contributed by atoms with van der Waals surface area (Å²) in [7, 11) is 0. The lowest BCUT2D eigenvalue weighted by atomic mass is 9.89. The molecular formula is C13H22N4O3. The van der Waals surface area contributed by atoms with E-state index in [1.54, 1.807) is 0 Å². The average Bonchev–Trinajstić information content (AvgIpc) is 2.35. The van der Waals surface area contributed by atoms with Crippen LogP contribution < -0.4 is 22.3 Å². The summed E-state index contributed by atoms with van der Waals surface area (Å²) in [6.07, 6.45) is 2.71. The van der Waals surface area contributed by atoms with Crippen molar-refractivity contribution in [3.63, 3.8) is 0 Å². The molecule has 2 rings (SSSR count). The average molecular weight is 282 g/mol. The van der Waals surface area contributed by atoms with Crippen LogP contribution in [0.4, 0.5) is 11.5 Å². The summed E-state index contributed by atoms with van der Waals surface area (Å²) in [5.41, 5.74) is 5.31. The van der Waals surface area contributed by atoms with Crippen molar-refractivity contribution in [2.45, 2.75) is 51.8 Å². The molecular weight excluding hydrogens is 260 g/mol. The minimum atomic E-state index is -0.459. The molecule has 7 heteroatoms. The Bertz CT molecular complexity index is 572. The van der Waals surface area contributed by atoms with Crippen molar-refractivity contribution in [3.8, 4) is 0 Å². The Balaban J connectivity index is 2.14. The lowest BCUT2D eigenvalue weighted by Crippen LogP contribution is -2.43. The zero-order valence-corrected chi connectivity index (χ0v) is 11.9. The molecule has 7 nitrogen and oxygen atoms in total. The van der Waals surface area contributed by atoms with Gasteiger partial charge in [0.05, 0.1) is 6.10 Å². The first-order chi connectivity index (χ1) is 9.56. The quantitative estimate of drug-likeness (QED) is 0.705. The number of hydrogen-bond donors (Lipinski definition) is 3. The first-order valence-electron chi connectivity index (χ1n) is 7.07. The monoisotopic (exact) mass is 282 g/mol. The molecule has 0 amide bonds. The van der Waals surface area contributed by atoms with Gasteiger partial charge < -0.3 is 15.8 Å². The molecule has 0 spiro atoms. The summed E-state index contributed by atoms with van der Waals surface area (Å²) in [5, 5.41) is 3.12. The maximum absolute atomic E-state index is 11.9. The summed E-state index contributed by atoms with van der Waals surface area (Å²) < 4.78 is 6.87. The Morgan fingerprint density at radius 1 is 1.40 bits per heavy atom. The minimum absolute atomic E-state index is 0.169. The molecule has 1 saturated carbocycles. The maximum Gasteiger partial charge on any atom is 0.330 e. The van der Waals surface area contributed by atoms with Crippen LogP contribution in [0.15, 0.2) is 9.59 Å². The predicted molar refractivity (Wildman–Crippen MR) is 78.1 cm³/mol. The highest BCUT2D eigenvalue weighted by molar-refractivity contribution is 5.61. The van der Waals surface area contributed by atoms with Crippen LogP contribution in [0, 0.1) is 0 Å². The lowest BCUT2D eigenvalue weighted by Gasteiger charge is -2.36. The van der Waals surface area contributed by atoms with Crippen LogP contribution >= 0.6 is 0 Å². The van der Waals surface area contributed by atoms with Crippen molar-refractivity contribution in [1.82, 2.24) is 9.55 Å². The highest BCUT2D eigenvalue weighted by Gasteiger charge is 2.30. The van der Waals surface area contributed by atoms with Crippen LogP contribution in [0.5, 0.6) is 0 Å².